The Hall–Kier alpha value is -2.09. The predicted molar refractivity (Wildman–Crippen MR) is 105 cm³/mol. The highest BCUT2D eigenvalue weighted by Gasteiger charge is 2.20. The van der Waals surface area contributed by atoms with Crippen LogP contribution in [0.1, 0.15) is 19.3 Å². The first-order valence-electron chi connectivity index (χ1n) is 8.27. The van der Waals surface area contributed by atoms with Gasteiger partial charge < -0.3 is 10.6 Å². The average Bonchev–Trinajstić information content (AvgIpc) is 2.63. The van der Waals surface area contributed by atoms with E-state index < -0.39 is 10.0 Å². The zero-order valence-corrected chi connectivity index (χ0v) is 15.8. The number of sulfonamides is 1. The lowest BCUT2D eigenvalue weighted by molar-refractivity contribution is -0.118. The number of benzene rings is 2. The minimum absolute atomic E-state index is 0. The van der Waals surface area contributed by atoms with Gasteiger partial charge in [0.25, 0.3) is 10.0 Å². The van der Waals surface area contributed by atoms with Crippen molar-refractivity contribution in [3.05, 3.63) is 54.6 Å². The van der Waals surface area contributed by atoms with Crippen molar-refractivity contribution in [2.45, 2.75) is 30.2 Å². The quantitative estimate of drug-likeness (QED) is 0.726. The molecular formula is C18H22ClN3O3S. The third-order valence-electron chi connectivity index (χ3n) is 4.06. The van der Waals surface area contributed by atoms with Gasteiger partial charge >= 0.3 is 0 Å². The number of amides is 1. The van der Waals surface area contributed by atoms with Gasteiger partial charge in [0.2, 0.25) is 5.91 Å². The summed E-state index contributed by atoms with van der Waals surface area (Å²) in [6.07, 6.45) is 2.93. The van der Waals surface area contributed by atoms with Gasteiger partial charge in [0.05, 0.1) is 16.6 Å². The molecule has 0 saturated carbocycles. The number of carbonyl (C=O) groups is 1. The lowest BCUT2D eigenvalue weighted by Gasteiger charge is -2.22. The second kappa shape index (κ2) is 9.02. The number of piperidine rings is 1. The standard InChI is InChI=1S/C18H21N3O3S.ClH/c22-18(17-11-4-5-12-19-17)20-14-7-6-8-15(13-14)21-25(23,24)16-9-2-1-3-10-16;/h1-3,6-10,13,17,19,21H,4-5,11-12H2,(H,20,22);1H. The van der Waals surface area contributed by atoms with Crippen molar-refractivity contribution in [1.82, 2.24) is 5.32 Å². The van der Waals surface area contributed by atoms with E-state index in [9.17, 15) is 13.2 Å². The van der Waals surface area contributed by atoms with Crippen molar-refractivity contribution in [1.29, 1.82) is 0 Å². The molecule has 6 nitrogen and oxygen atoms in total. The minimum atomic E-state index is -3.65. The molecule has 0 aliphatic carbocycles. The van der Waals surface area contributed by atoms with E-state index in [2.05, 4.69) is 15.4 Å². The first kappa shape index (κ1) is 20.2. The highest BCUT2D eigenvalue weighted by Crippen LogP contribution is 2.20. The molecule has 0 radical (unpaired) electrons. The maximum Gasteiger partial charge on any atom is 0.261 e. The van der Waals surface area contributed by atoms with Crippen molar-refractivity contribution in [2.24, 2.45) is 0 Å². The molecule has 3 rings (SSSR count). The molecule has 0 aromatic heterocycles. The van der Waals surface area contributed by atoms with Crippen molar-refractivity contribution in [3.8, 4) is 0 Å². The van der Waals surface area contributed by atoms with Crippen molar-refractivity contribution in [3.63, 3.8) is 0 Å². The van der Waals surface area contributed by atoms with Gasteiger partial charge in [0, 0.05) is 5.69 Å². The fourth-order valence-corrected chi connectivity index (χ4v) is 3.85. The molecule has 1 aliphatic rings. The zero-order chi connectivity index (χ0) is 17.7. The summed E-state index contributed by atoms with van der Waals surface area (Å²) in [5.41, 5.74) is 0.962. The lowest BCUT2D eigenvalue weighted by Crippen LogP contribution is -2.43. The van der Waals surface area contributed by atoms with Gasteiger partial charge in [-0.2, -0.15) is 0 Å². The molecule has 1 fully saturated rings. The van der Waals surface area contributed by atoms with Gasteiger partial charge in [-0.05, 0) is 49.7 Å². The summed E-state index contributed by atoms with van der Waals surface area (Å²) in [6, 6.07) is 14.7. The van der Waals surface area contributed by atoms with E-state index in [4.69, 9.17) is 0 Å². The maximum absolute atomic E-state index is 12.4. The van der Waals surface area contributed by atoms with Crippen LogP contribution in [-0.4, -0.2) is 26.9 Å². The van der Waals surface area contributed by atoms with Crippen LogP contribution in [-0.2, 0) is 14.8 Å². The van der Waals surface area contributed by atoms with E-state index >= 15 is 0 Å². The van der Waals surface area contributed by atoms with E-state index in [1.165, 1.54) is 12.1 Å². The maximum atomic E-state index is 12.4. The summed E-state index contributed by atoms with van der Waals surface area (Å²) in [6.45, 7) is 0.842. The molecule has 140 valence electrons. The second-order valence-corrected chi connectivity index (χ2v) is 7.67. The molecule has 1 aliphatic heterocycles. The first-order chi connectivity index (χ1) is 12.0. The summed E-state index contributed by atoms with van der Waals surface area (Å²) in [5.74, 6) is -0.0947. The van der Waals surface area contributed by atoms with Crippen molar-refractivity contribution < 1.29 is 13.2 Å². The van der Waals surface area contributed by atoms with Crippen LogP contribution in [0.3, 0.4) is 0 Å². The summed E-state index contributed by atoms with van der Waals surface area (Å²) in [4.78, 5) is 12.5. The van der Waals surface area contributed by atoms with Crippen LogP contribution in [0.4, 0.5) is 11.4 Å². The van der Waals surface area contributed by atoms with E-state index in [1.807, 2.05) is 0 Å². The van der Waals surface area contributed by atoms with Crippen LogP contribution in [0.2, 0.25) is 0 Å². The van der Waals surface area contributed by atoms with Crippen LogP contribution >= 0.6 is 12.4 Å². The molecule has 8 heteroatoms. The summed E-state index contributed by atoms with van der Waals surface area (Å²) in [5, 5.41) is 6.03. The van der Waals surface area contributed by atoms with Gasteiger partial charge in [-0.15, -0.1) is 12.4 Å². The molecule has 26 heavy (non-hydrogen) atoms. The molecule has 1 amide bonds. The highest BCUT2D eigenvalue weighted by atomic mass is 35.5. The molecular weight excluding hydrogens is 374 g/mol. The molecule has 2 aromatic rings. The highest BCUT2D eigenvalue weighted by molar-refractivity contribution is 7.92. The number of carbonyl (C=O) groups excluding carboxylic acids is 1. The Labute approximate surface area is 159 Å². The molecule has 1 heterocycles. The molecule has 1 saturated heterocycles. The fourth-order valence-electron chi connectivity index (χ4n) is 2.78. The van der Waals surface area contributed by atoms with Gasteiger partial charge in [-0.3, -0.25) is 9.52 Å². The lowest BCUT2D eigenvalue weighted by atomic mass is 10.0. The van der Waals surface area contributed by atoms with E-state index in [0.717, 1.165) is 25.8 Å². The monoisotopic (exact) mass is 395 g/mol. The van der Waals surface area contributed by atoms with Gasteiger partial charge in [-0.25, -0.2) is 8.42 Å². The predicted octanol–water partition coefficient (Wildman–Crippen LogP) is 2.99. The van der Waals surface area contributed by atoms with Crippen LogP contribution in [0.15, 0.2) is 59.5 Å². The number of rotatable bonds is 5. The summed E-state index contributed by atoms with van der Waals surface area (Å²) in [7, 11) is -3.65. The van der Waals surface area contributed by atoms with E-state index in [1.54, 1.807) is 42.5 Å². The van der Waals surface area contributed by atoms with Crippen LogP contribution in [0, 0.1) is 0 Å². The Balaban J connectivity index is 0.00000243. The molecule has 0 spiro atoms. The number of anilines is 2. The fraction of sp³-hybridized carbons (Fsp3) is 0.278. The summed E-state index contributed by atoms with van der Waals surface area (Å²) < 4.78 is 27.3. The zero-order valence-electron chi connectivity index (χ0n) is 14.1. The van der Waals surface area contributed by atoms with Crippen molar-refractivity contribution >= 4 is 39.7 Å². The number of hydrogen-bond acceptors (Lipinski definition) is 4. The van der Waals surface area contributed by atoms with Gasteiger partial charge in [0.15, 0.2) is 0 Å². The van der Waals surface area contributed by atoms with Gasteiger partial charge in [0.1, 0.15) is 0 Å². The molecule has 2 aromatic carbocycles. The van der Waals surface area contributed by atoms with Gasteiger partial charge in [-0.1, -0.05) is 30.7 Å². The number of halogens is 1. The SMILES string of the molecule is Cl.O=C(Nc1cccc(NS(=O)(=O)c2ccccc2)c1)C1CCCCN1. The Morgan fingerprint density at radius 1 is 1.00 bits per heavy atom. The Bertz CT molecular complexity index is 838. The average molecular weight is 396 g/mol. The van der Waals surface area contributed by atoms with Crippen molar-refractivity contribution in [2.75, 3.05) is 16.6 Å². The molecule has 0 bridgehead atoms. The Morgan fingerprint density at radius 3 is 2.42 bits per heavy atom. The van der Waals surface area contributed by atoms with E-state index in [-0.39, 0.29) is 29.3 Å². The van der Waals surface area contributed by atoms with E-state index in [0.29, 0.717) is 11.4 Å². The smallest absolute Gasteiger partial charge is 0.261 e. The van der Waals surface area contributed by atoms with Crippen LogP contribution in [0.25, 0.3) is 0 Å². The minimum Gasteiger partial charge on any atom is -0.325 e. The van der Waals surface area contributed by atoms with Crippen LogP contribution in [0.5, 0.6) is 0 Å². The molecule has 3 N–H and O–H groups in total. The Kier molecular flexibility index (Phi) is 7.02. The number of hydrogen-bond donors (Lipinski definition) is 3. The summed E-state index contributed by atoms with van der Waals surface area (Å²) >= 11 is 0. The first-order valence-corrected chi connectivity index (χ1v) is 9.75. The third kappa shape index (κ3) is 5.20. The largest absolute Gasteiger partial charge is 0.325 e. The Morgan fingerprint density at radius 2 is 1.73 bits per heavy atom. The molecule has 1 unspecified atom stereocenters. The molecule has 1 atom stereocenters. The topological polar surface area (TPSA) is 87.3 Å². The third-order valence-corrected chi connectivity index (χ3v) is 5.46. The number of nitrogens with one attached hydrogen (secondary N) is 3. The van der Waals surface area contributed by atoms with Crippen LogP contribution < -0.4 is 15.4 Å². The second-order valence-electron chi connectivity index (χ2n) is 5.99. The normalized spacial score (nSPS) is 17.0.